The smallest absolute Gasteiger partial charge is 0.341 e. The van der Waals surface area contributed by atoms with Gasteiger partial charge in [-0.3, -0.25) is 9.20 Å². The van der Waals surface area contributed by atoms with Gasteiger partial charge in [-0.1, -0.05) is 22.0 Å². The molecule has 0 unspecified atom stereocenters. The van der Waals surface area contributed by atoms with Crippen molar-refractivity contribution < 1.29 is 13.9 Å². The van der Waals surface area contributed by atoms with E-state index in [9.17, 15) is 14.0 Å². The number of nitrogens with zero attached hydrogens (tertiary/aromatic N) is 2. The Bertz CT molecular complexity index is 1000. The highest BCUT2D eigenvalue weighted by Crippen LogP contribution is 2.16. The van der Waals surface area contributed by atoms with Crippen LogP contribution in [-0.2, 0) is 11.3 Å². The summed E-state index contributed by atoms with van der Waals surface area (Å²) in [5.74, 6) is -1.50. The number of carbonyl (C=O) groups excluding carboxylic acids is 1. The van der Waals surface area contributed by atoms with Gasteiger partial charge >= 0.3 is 5.97 Å². The van der Waals surface area contributed by atoms with Crippen molar-refractivity contribution >= 4 is 27.5 Å². The molecule has 0 amide bonds. The zero-order valence-electron chi connectivity index (χ0n) is 12.6. The molecule has 0 aliphatic rings. The molecule has 7 heteroatoms. The van der Waals surface area contributed by atoms with Gasteiger partial charge < -0.3 is 4.74 Å². The number of esters is 1. The van der Waals surface area contributed by atoms with Gasteiger partial charge in [0.05, 0.1) is 11.3 Å². The molecule has 0 radical (unpaired) electrons. The van der Waals surface area contributed by atoms with Crippen molar-refractivity contribution in [1.82, 2.24) is 9.38 Å². The number of fused-ring (bicyclic) bond motifs is 1. The normalized spacial score (nSPS) is 10.8. The Hall–Kier alpha value is -2.54. The van der Waals surface area contributed by atoms with Crippen LogP contribution >= 0.6 is 15.9 Å². The molecule has 0 fully saturated rings. The van der Waals surface area contributed by atoms with E-state index in [-0.39, 0.29) is 17.7 Å². The summed E-state index contributed by atoms with van der Waals surface area (Å²) in [7, 11) is 0. The minimum absolute atomic E-state index is 0.175. The monoisotopic (exact) mass is 390 g/mol. The lowest BCUT2D eigenvalue weighted by atomic mass is 10.2. The molecule has 2 aromatic heterocycles. The van der Waals surface area contributed by atoms with Crippen LogP contribution in [0.3, 0.4) is 0 Å². The van der Waals surface area contributed by atoms with E-state index in [0.717, 1.165) is 5.56 Å². The average Bonchev–Trinajstić information content (AvgIpc) is 2.53. The van der Waals surface area contributed by atoms with E-state index >= 15 is 0 Å². The van der Waals surface area contributed by atoms with Crippen molar-refractivity contribution in [3.63, 3.8) is 0 Å². The number of ether oxygens (including phenoxy) is 1. The second kappa shape index (κ2) is 6.52. The zero-order chi connectivity index (χ0) is 17.3. The van der Waals surface area contributed by atoms with E-state index < -0.39 is 11.8 Å². The van der Waals surface area contributed by atoms with Gasteiger partial charge in [-0.15, -0.1) is 0 Å². The first-order valence-corrected chi connectivity index (χ1v) is 7.84. The van der Waals surface area contributed by atoms with Crippen molar-refractivity contribution in [2.45, 2.75) is 13.5 Å². The van der Waals surface area contributed by atoms with Crippen molar-refractivity contribution in [3.05, 3.63) is 80.1 Å². The van der Waals surface area contributed by atoms with Crippen LogP contribution in [-0.4, -0.2) is 15.4 Å². The summed E-state index contributed by atoms with van der Waals surface area (Å²) in [5.41, 5.74) is 1.23. The van der Waals surface area contributed by atoms with Crippen LogP contribution in [0.4, 0.5) is 4.39 Å². The van der Waals surface area contributed by atoms with Crippen LogP contribution in [0, 0.1) is 12.7 Å². The van der Waals surface area contributed by atoms with Crippen molar-refractivity contribution in [3.8, 4) is 0 Å². The summed E-state index contributed by atoms with van der Waals surface area (Å²) < 4.78 is 20.7. The van der Waals surface area contributed by atoms with E-state index in [0.29, 0.717) is 15.8 Å². The van der Waals surface area contributed by atoms with Gasteiger partial charge in [0.15, 0.2) is 0 Å². The third kappa shape index (κ3) is 3.35. The Balaban J connectivity index is 1.81. The molecule has 0 aliphatic carbocycles. The van der Waals surface area contributed by atoms with Crippen LogP contribution in [0.25, 0.3) is 5.65 Å². The van der Waals surface area contributed by atoms with Gasteiger partial charge in [-0.05, 0) is 36.8 Å². The van der Waals surface area contributed by atoms with Crippen LogP contribution < -0.4 is 5.56 Å². The van der Waals surface area contributed by atoms with E-state index in [4.69, 9.17) is 4.74 Å². The molecule has 0 bridgehead atoms. The average molecular weight is 391 g/mol. The topological polar surface area (TPSA) is 60.7 Å². The van der Waals surface area contributed by atoms with E-state index in [2.05, 4.69) is 20.9 Å². The summed E-state index contributed by atoms with van der Waals surface area (Å²) in [5, 5.41) is 0. The highest BCUT2D eigenvalue weighted by atomic mass is 79.9. The van der Waals surface area contributed by atoms with E-state index in [1.54, 1.807) is 18.3 Å². The molecule has 122 valence electrons. The van der Waals surface area contributed by atoms with Gasteiger partial charge in [0.25, 0.3) is 5.56 Å². The SMILES string of the molecule is Cc1ccc2nc(COC(=O)c3ccc(Br)cc3F)cc(=O)n2c1. The Morgan fingerprint density at radius 2 is 2.08 bits per heavy atom. The summed E-state index contributed by atoms with van der Waals surface area (Å²) in [6, 6.07) is 8.87. The molecule has 1 aromatic carbocycles. The molecular weight excluding hydrogens is 379 g/mol. The van der Waals surface area contributed by atoms with Crippen LogP contribution in [0.5, 0.6) is 0 Å². The first kappa shape index (κ1) is 16.3. The molecule has 0 saturated carbocycles. The number of aryl methyl sites for hydroxylation is 1. The molecule has 0 spiro atoms. The Kier molecular flexibility index (Phi) is 4.44. The number of pyridine rings is 1. The van der Waals surface area contributed by atoms with Crippen LogP contribution in [0.1, 0.15) is 21.6 Å². The fraction of sp³-hybridized carbons (Fsp3) is 0.118. The lowest BCUT2D eigenvalue weighted by Gasteiger charge is -2.07. The lowest BCUT2D eigenvalue weighted by Crippen LogP contribution is -2.17. The fourth-order valence-corrected chi connectivity index (χ4v) is 2.54. The zero-order valence-corrected chi connectivity index (χ0v) is 14.2. The first-order valence-electron chi connectivity index (χ1n) is 7.05. The van der Waals surface area contributed by atoms with Crippen LogP contribution in [0.2, 0.25) is 0 Å². The molecule has 24 heavy (non-hydrogen) atoms. The molecule has 2 heterocycles. The van der Waals surface area contributed by atoms with Crippen molar-refractivity contribution in [1.29, 1.82) is 0 Å². The quantitative estimate of drug-likeness (QED) is 0.644. The highest BCUT2D eigenvalue weighted by Gasteiger charge is 2.14. The number of aromatic nitrogens is 2. The summed E-state index contributed by atoms with van der Waals surface area (Å²) in [4.78, 5) is 28.3. The Morgan fingerprint density at radius 3 is 2.83 bits per heavy atom. The number of benzene rings is 1. The third-order valence-corrected chi connectivity index (χ3v) is 3.86. The van der Waals surface area contributed by atoms with Crippen LogP contribution in [0.15, 0.2) is 51.9 Å². The summed E-state index contributed by atoms with van der Waals surface area (Å²) in [6.45, 7) is 1.66. The maximum atomic E-state index is 13.7. The van der Waals surface area contributed by atoms with Crippen molar-refractivity contribution in [2.24, 2.45) is 0 Å². The number of hydrogen-bond donors (Lipinski definition) is 0. The van der Waals surface area contributed by atoms with Gasteiger partial charge in [0.1, 0.15) is 18.1 Å². The van der Waals surface area contributed by atoms with Gasteiger partial charge in [0.2, 0.25) is 0 Å². The molecule has 0 aliphatic heterocycles. The second-order valence-electron chi connectivity index (χ2n) is 5.22. The molecule has 3 aromatic rings. The van der Waals surface area contributed by atoms with E-state index in [1.807, 2.05) is 13.0 Å². The predicted molar refractivity (Wildman–Crippen MR) is 89.4 cm³/mol. The number of halogens is 2. The fourth-order valence-electron chi connectivity index (χ4n) is 2.20. The minimum Gasteiger partial charge on any atom is -0.455 e. The maximum Gasteiger partial charge on any atom is 0.341 e. The van der Waals surface area contributed by atoms with Gasteiger partial charge in [0, 0.05) is 16.7 Å². The number of rotatable bonds is 3. The number of hydrogen-bond acceptors (Lipinski definition) is 4. The second-order valence-corrected chi connectivity index (χ2v) is 6.14. The third-order valence-electron chi connectivity index (χ3n) is 3.36. The van der Waals surface area contributed by atoms with Crippen molar-refractivity contribution in [2.75, 3.05) is 0 Å². The van der Waals surface area contributed by atoms with E-state index in [1.165, 1.54) is 22.6 Å². The maximum absolute atomic E-state index is 13.7. The minimum atomic E-state index is -0.814. The molecule has 5 nitrogen and oxygen atoms in total. The van der Waals surface area contributed by atoms with Gasteiger partial charge in [-0.25, -0.2) is 14.2 Å². The Morgan fingerprint density at radius 1 is 1.29 bits per heavy atom. The molecule has 0 N–H and O–H groups in total. The predicted octanol–water partition coefficient (Wildman–Crippen LogP) is 3.26. The van der Waals surface area contributed by atoms with Gasteiger partial charge in [-0.2, -0.15) is 0 Å². The summed E-state index contributed by atoms with van der Waals surface area (Å²) >= 11 is 3.12. The first-order chi connectivity index (χ1) is 11.4. The largest absolute Gasteiger partial charge is 0.455 e. The Labute approximate surface area is 144 Å². The molecule has 3 rings (SSSR count). The summed E-state index contributed by atoms with van der Waals surface area (Å²) in [6.07, 6.45) is 1.68. The molecular formula is C17H12BrFN2O3. The number of carbonyl (C=O) groups is 1. The molecule has 0 atom stereocenters. The molecule has 0 saturated heterocycles. The lowest BCUT2D eigenvalue weighted by molar-refractivity contribution is 0.0462. The highest BCUT2D eigenvalue weighted by molar-refractivity contribution is 9.10. The standard InChI is InChI=1S/C17H12BrFN2O3/c1-10-2-5-15-20-12(7-16(22)21(15)8-10)9-24-17(23)13-4-3-11(18)6-14(13)19/h2-8H,9H2,1H3.